The smallest absolute Gasteiger partial charge is 0.322 e. The minimum absolute atomic E-state index is 0.165. The van der Waals surface area contributed by atoms with Crippen LogP contribution in [0.4, 0.5) is 0 Å². The van der Waals surface area contributed by atoms with E-state index in [9.17, 15) is 9.59 Å². The predicted molar refractivity (Wildman–Crippen MR) is 100 cm³/mol. The Bertz CT molecular complexity index is 375. The van der Waals surface area contributed by atoms with E-state index >= 15 is 0 Å². The van der Waals surface area contributed by atoms with Crippen LogP contribution in [0.2, 0.25) is 0 Å². The fourth-order valence-corrected chi connectivity index (χ4v) is 2.38. The molecule has 0 unspecified atom stereocenters. The molecule has 2 N–H and O–H groups in total. The van der Waals surface area contributed by atoms with Gasteiger partial charge in [-0.15, -0.1) is 0 Å². The fourth-order valence-electron chi connectivity index (χ4n) is 2.38. The molecule has 0 saturated heterocycles. The molecule has 0 aromatic carbocycles. The van der Waals surface area contributed by atoms with Crippen molar-refractivity contribution >= 4 is 11.9 Å². The van der Waals surface area contributed by atoms with Crippen molar-refractivity contribution in [3.63, 3.8) is 0 Å². The Balaban J connectivity index is 3.29. The minimum Gasteiger partial charge on any atom is -0.480 e. The van der Waals surface area contributed by atoms with Gasteiger partial charge in [-0.05, 0) is 32.1 Å². The molecule has 1 amide bonds. The number of carboxylic acid groups (broad SMARTS) is 1. The van der Waals surface area contributed by atoms with Crippen LogP contribution in [-0.4, -0.2) is 23.5 Å². The largest absolute Gasteiger partial charge is 0.480 e. The van der Waals surface area contributed by atoms with Gasteiger partial charge < -0.3 is 10.4 Å². The molecule has 0 radical (unpaired) electrons. The average molecular weight is 338 g/mol. The number of aliphatic carboxylic acids is 1. The van der Waals surface area contributed by atoms with Gasteiger partial charge in [0.1, 0.15) is 6.54 Å². The highest BCUT2D eigenvalue weighted by Crippen LogP contribution is 2.08. The number of nitrogens with one attached hydrogen (secondary N) is 1. The first-order chi connectivity index (χ1) is 11.7. The first-order valence-electron chi connectivity index (χ1n) is 9.47. The molecule has 0 rings (SSSR count). The van der Waals surface area contributed by atoms with E-state index in [1.807, 2.05) is 0 Å². The zero-order valence-corrected chi connectivity index (χ0v) is 15.3. The number of rotatable bonds is 16. The Labute approximate surface area is 147 Å². The lowest BCUT2D eigenvalue weighted by atomic mass is 10.1. The van der Waals surface area contributed by atoms with Gasteiger partial charge in [-0.3, -0.25) is 9.59 Å². The summed E-state index contributed by atoms with van der Waals surface area (Å²) < 4.78 is 0. The summed E-state index contributed by atoms with van der Waals surface area (Å²) in [6.45, 7) is 1.95. The third-order valence-corrected chi connectivity index (χ3v) is 3.82. The van der Waals surface area contributed by atoms with Crippen LogP contribution in [-0.2, 0) is 9.59 Å². The molecule has 0 heterocycles. The second-order valence-corrected chi connectivity index (χ2v) is 6.18. The second kappa shape index (κ2) is 17.8. The third kappa shape index (κ3) is 18.5. The van der Waals surface area contributed by atoms with Gasteiger partial charge in [0.25, 0.3) is 0 Å². The molecule has 0 aliphatic rings. The molecule has 0 aliphatic carbocycles. The average Bonchev–Trinajstić information content (AvgIpc) is 2.56. The Kier molecular flexibility index (Phi) is 16.6. The summed E-state index contributed by atoms with van der Waals surface area (Å²) in [6.07, 6.45) is 22.1. The molecule has 0 aliphatic heterocycles. The number of carbonyl (C=O) groups is 2. The van der Waals surface area contributed by atoms with Gasteiger partial charge in [0.15, 0.2) is 0 Å². The van der Waals surface area contributed by atoms with E-state index in [1.165, 1.54) is 44.9 Å². The van der Waals surface area contributed by atoms with Crippen molar-refractivity contribution < 1.29 is 14.7 Å². The van der Waals surface area contributed by atoms with E-state index in [-0.39, 0.29) is 12.5 Å². The number of amides is 1. The van der Waals surface area contributed by atoms with Crippen LogP contribution < -0.4 is 5.32 Å². The molecule has 4 heteroatoms. The monoisotopic (exact) mass is 337 g/mol. The lowest BCUT2D eigenvalue weighted by Crippen LogP contribution is -2.28. The van der Waals surface area contributed by atoms with E-state index in [4.69, 9.17) is 5.11 Å². The summed E-state index contributed by atoms with van der Waals surface area (Å²) in [5.74, 6) is -1.16. The molecule has 0 spiro atoms. The van der Waals surface area contributed by atoms with Crippen molar-refractivity contribution in [3.8, 4) is 0 Å². The van der Waals surface area contributed by atoms with Crippen LogP contribution >= 0.6 is 0 Å². The van der Waals surface area contributed by atoms with Crippen molar-refractivity contribution in [3.05, 3.63) is 24.3 Å². The highest BCUT2D eigenvalue weighted by molar-refractivity contribution is 5.80. The highest BCUT2D eigenvalue weighted by atomic mass is 16.4. The van der Waals surface area contributed by atoms with Crippen LogP contribution in [0.25, 0.3) is 0 Å². The molecule has 0 saturated carbocycles. The number of hydrogen-bond acceptors (Lipinski definition) is 2. The Morgan fingerprint density at radius 3 is 1.96 bits per heavy atom. The standard InChI is InChI=1S/C20H35NO3/c1-2-3-4-5-6-7-8-9-10-11-12-13-14-15-16-17-19(22)21-18-20(23)24/h7-10H,2-6,11-18H2,1H3,(H,21,22)(H,23,24)/b8-7+,10-9-. The molecule has 0 bridgehead atoms. The second-order valence-electron chi connectivity index (χ2n) is 6.18. The maximum Gasteiger partial charge on any atom is 0.322 e. The quantitative estimate of drug-likeness (QED) is 0.308. The Hall–Kier alpha value is -1.58. The SMILES string of the molecule is CCCCCC/C=C/C=C\CCCCCCCC(=O)NCC(=O)O. The van der Waals surface area contributed by atoms with Crippen molar-refractivity contribution in [1.82, 2.24) is 5.32 Å². The summed E-state index contributed by atoms with van der Waals surface area (Å²) in [4.78, 5) is 21.6. The first-order valence-corrected chi connectivity index (χ1v) is 9.47. The maximum atomic E-state index is 11.3. The van der Waals surface area contributed by atoms with Crippen molar-refractivity contribution in [2.24, 2.45) is 0 Å². The van der Waals surface area contributed by atoms with Crippen molar-refractivity contribution in [1.29, 1.82) is 0 Å². The van der Waals surface area contributed by atoms with Gasteiger partial charge in [0, 0.05) is 6.42 Å². The zero-order chi connectivity index (χ0) is 17.9. The molecule has 0 aromatic rings. The number of carbonyl (C=O) groups excluding carboxylic acids is 1. The van der Waals surface area contributed by atoms with Crippen LogP contribution in [0.1, 0.15) is 84.0 Å². The van der Waals surface area contributed by atoms with E-state index in [0.717, 1.165) is 25.7 Å². The summed E-state index contributed by atoms with van der Waals surface area (Å²) in [6, 6.07) is 0. The van der Waals surface area contributed by atoms with Gasteiger partial charge in [-0.2, -0.15) is 0 Å². The Morgan fingerprint density at radius 1 is 0.833 bits per heavy atom. The maximum absolute atomic E-state index is 11.3. The first kappa shape index (κ1) is 22.4. The lowest BCUT2D eigenvalue weighted by molar-refractivity contribution is -0.137. The zero-order valence-electron chi connectivity index (χ0n) is 15.3. The highest BCUT2D eigenvalue weighted by Gasteiger charge is 2.02. The minimum atomic E-state index is -0.997. The number of carboxylic acids is 1. The summed E-state index contributed by atoms with van der Waals surface area (Å²) in [5.41, 5.74) is 0. The molecule has 0 atom stereocenters. The van der Waals surface area contributed by atoms with Gasteiger partial charge in [0.05, 0.1) is 0 Å². The molecule has 0 aromatic heterocycles. The molecule has 24 heavy (non-hydrogen) atoms. The number of allylic oxidation sites excluding steroid dienone is 4. The van der Waals surface area contributed by atoms with Crippen LogP contribution in [0.5, 0.6) is 0 Å². The molecule has 138 valence electrons. The van der Waals surface area contributed by atoms with Crippen LogP contribution in [0.15, 0.2) is 24.3 Å². The van der Waals surface area contributed by atoms with Crippen LogP contribution in [0, 0.1) is 0 Å². The van der Waals surface area contributed by atoms with E-state index in [0.29, 0.717) is 6.42 Å². The van der Waals surface area contributed by atoms with Gasteiger partial charge in [-0.25, -0.2) is 0 Å². The predicted octanol–water partition coefficient (Wildman–Crippen LogP) is 5.00. The number of hydrogen-bond donors (Lipinski definition) is 2. The van der Waals surface area contributed by atoms with Gasteiger partial charge >= 0.3 is 5.97 Å². The molecule has 4 nitrogen and oxygen atoms in total. The van der Waals surface area contributed by atoms with Crippen molar-refractivity contribution in [2.75, 3.05) is 6.54 Å². The number of unbranched alkanes of at least 4 members (excludes halogenated alkanes) is 9. The topological polar surface area (TPSA) is 66.4 Å². The fraction of sp³-hybridized carbons (Fsp3) is 0.700. The third-order valence-electron chi connectivity index (χ3n) is 3.82. The summed E-state index contributed by atoms with van der Waals surface area (Å²) >= 11 is 0. The molecule has 0 fully saturated rings. The van der Waals surface area contributed by atoms with E-state index < -0.39 is 5.97 Å². The van der Waals surface area contributed by atoms with Crippen molar-refractivity contribution in [2.45, 2.75) is 84.0 Å². The normalized spacial score (nSPS) is 11.4. The lowest BCUT2D eigenvalue weighted by Gasteiger charge is -2.02. The molecular formula is C20H35NO3. The van der Waals surface area contributed by atoms with E-state index in [2.05, 4.69) is 36.5 Å². The van der Waals surface area contributed by atoms with E-state index in [1.54, 1.807) is 0 Å². The molecular weight excluding hydrogens is 302 g/mol. The van der Waals surface area contributed by atoms with Gasteiger partial charge in [-0.1, -0.05) is 69.8 Å². The summed E-state index contributed by atoms with van der Waals surface area (Å²) in [7, 11) is 0. The van der Waals surface area contributed by atoms with Gasteiger partial charge in [0.2, 0.25) is 5.91 Å². The van der Waals surface area contributed by atoms with Crippen LogP contribution in [0.3, 0.4) is 0 Å². The summed E-state index contributed by atoms with van der Waals surface area (Å²) in [5, 5.41) is 10.8. The Morgan fingerprint density at radius 2 is 1.38 bits per heavy atom.